The maximum absolute atomic E-state index is 13.3. The summed E-state index contributed by atoms with van der Waals surface area (Å²) in [7, 11) is 1.59. The van der Waals surface area contributed by atoms with Gasteiger partial charge in [-0.25, -0.2) is 4.39 Å². The summed E-state index contributed by atoms with van der Waals surface area (Å²) in [5, 5.41) is 13.0. The molecule has 1 atom stereocenters. The third-order valence-corrected chi connectivity index (χ3v) is 3.65. The number of ether oxygens (including phenoxy) is 1. The lowest BCUT2D eigenvalue weighted by Gasteiger charge is -2.31. The number of aliphatic hydroxyl groups excluding tert-OH is 1. The van der Waals surface area contributed by atoms with Crippen molar-refractivity contribution in [3.63, 3.8) is 0 Å². The van der Waals surface area contributed by atoms with Gasteiger partial charge >= 0.3 is 0 Å². The van der Waals surface area contributed by atoms with Gasteiger partial charge in [0.05, 0.1) is 24.3 Å². The molecule has 0 aromatic heterocycles. The Hall–Kier alpha value is -1.78. The third kappa shape index (κ3) is 3.46. The van der Waals surface area contributed by atoms with E-state index < -0.39 is 11.4 Å². The summed E-state index contributed by atoms with van der Waals surface area (Å²) >= 11 is 5.82. The Morgan fingerprint density at radius 1 is 1.29 bits per heavy atom. The van der Waals surface area contributed by atoms with Crippen LogP contribution in [0.25, 0.3) is 0 Å². The summed E-state index contributed by atoms with van der Waals surface area (Å²) < 4.78 is 18.5. The van der Waals surface area contributed by atoms with Crippen molar-refractivity contribution in [2.24, 2.45) is 0 Å². The highest BCUT2D eigenvalue weighted by Crippen LogP contribution is 2.30. The zero-order chi connectivity index (χ0) is 15.5. The lowest BCUT2D eigenvalue weighted by atomic mass is 9.92. The first-order valence-corrected chi connectivity index (χ1v) is 6.85. The van der Waals surface area contributed by atoms with E-state index in [0.29, 0.717) is 11.3 Å². The van der Waals surface area contributed by atoms with E-state index in [1.807, 2.05) is 31.2 Å². The van der Waals surface area contributed by atoms with Crippen LogP contribution >= 0.6 is 11.6 Å². The molecule has 0 bridgehead atoms. The molecule has 0 aliphatic rings. The highest BCUT2D eigenvalue weighted by molar-refractivity contribution is 6.30. The van der Waals surface area contributed by atoms with Crippen LogP contribution in [0.4, 0.5) is 10.1 Å². The first kappa shape index (κ1) is 15.6. The van der Waals surface area contributed by atoms with Crippen LogP contribution < -0.4 is 10.1 Å². The van der Waals surface area contributed by atoms with E-state index in [-0.39, 0.29) is 11.6 Å². The Bertz CT molecular complexity index is 635. The Morgan fingerprint density at radius 2 is 2.05 bits per heavy atom. The zero-order valence-electron chi connectivity index (χ0n) is 11.9. The number of hydrogen-bond acceptors (Lipinski definition) is 3. The SMILES string of the molecule is COc1cccc(NC(C)(CO)c2ccc(F)c(Cl)c2)c1. The van der Waals surface area contributed by atoms with Crippen LogP contribution in [-0.2, 0) is 5.54 Å². The molecule has 3 nitrogen and oxygen atoms in total. The number of halogens is 2. The van der Waals surface area contributed by atoms with Gasteiger partial charge in [-0.15, -0.1) is 0 Å². The van der Waals surface area contributed by atoms with E-state index in [9.17, 15) is 9.50 Å². The van der Waals surface area contributed by atoms with Crippen molar-refractivity contribution >= 4 is 17.3 Å². The number of benzene rings is 2. The molecular weight excluding hydrogens is 293 g/mol. The zero-order valence-corrected chi connectivity index (χ0v) is 12.6. The van der Waals surface area contributed by atoms with Crippen LogP contribution in [0.5, 0.6) is 5.75 Å². The van der Waals surface area contributed by atoms with Crippen LogP contribution in [0.15, 0.2) is 42.5 Å². The number of rotatable bonds is 5. The highest BCUT2D eigenvalue weighted by Gasteiger charge is 2.26. The molecule has 2 rings (SSSR count). The van der Waals surface area contributed by atoms with E-state index >= 15 is 0 Å². The van der Waals surface area contributed by atoms with Gasteiger partial charge < -0.3 is 15.2 Å². The normalized spacial score (nSPS) is 13.6. The fourth-order valence-electron chi connectivity index (χ4n) is 2.06. The molecule has 0 radical (unpaired) electrons. The average molecular weight is 310 g/mol. The highest BCUT2D eigenvalue weighted by atomic mass is 35.5. The molecule has 112 valence electrons. The number of hydrogen-bond donors (Lipinski definition) is 2. The molecule has 0 aliphatic carbocycles. The predicted molar refractivity (Wildman–Crippen MR) is 82.5 cm³/mol. The third-order valence-electron chi connectivity index (χ3n) is 3.36. The first-order valence-electron chi connectivity index (χ1n) is 6.47. The Labute approximate surface area is 128 Å². The molecule has 21 heavy (non-hydrogen) atoms. The molecule has 2 N–H and O–H groups in total. The Morgan fingerprint density at radius 3 is 2.67 bits per heavy atom. The van der Waals surface area contributed by atoms with Crippen LogP contribution in [-0.4, -0.2) is 18.8 Å². The summed E-state index contributed by atoms with van der Waals surface area (Å²) in [4.78, 5) is 0. The van der Waals surface area contributed by atoms with E-state index in [2.05, 4.69) is 5.32 Å². The van der Waals surface area contributed by atoms with Gasteiger partial charge in [0.25, 0.3) is 0 Å². The molecule has 0 aliphatic heterocycles. The minimum Gasteiger partial charge on any atom is -0.497 e. The fraction of sp³-hybridized carbons (Fsp3) is 0.250. The molecule has 1 unspecified atom stereocenters. The second-order valence-corrected chi connectivity index (χ2v) is 5.38. The molecule has 0 heterocycles. The van der Waals surface area contributed by atoms with Gasteiger partial charge in [0, 0.05) is 11.8 Å². The second-order valence-electron chi connectivity index (χ2n) is 4.98. The van der Waals surface area contributed by atoms with Gasteiger partial charge in [-0.2, -0.15) is 0 Å². The monoisotopic (exact) mass is 309 g/mol. The van der Waals surface area contributed by atoms with E-state index in [0.717, 1.165) is 5.69 Å². The largest absolute Gasteiger partial charge is 0.497 e. The summed E-state index contributed by atoms with van der Waals surface area (Å²) in [5.41, 5.74) is 0.689. The molecule has 0 saturated heterocycles. The summed E-state index contributed by atoms with van der Waals surface area (Å²) in [6.45, 7) is 1.64. The van der Waals surface area contributed by atoms with Crippen LogP contribution in [0.2, 0.25) is 5.02 Å². The van der Waals surface area contributed by atoms with Crippen LogP contribution in [0, 0.1) is 5.82 Å². The molecule has 0 saturated carbocycles. The minimum atomic E-state index is -0.788. The van der Waals surface area contributed by atoms with Crippen molar-refractivity contribution in [1.29, 1.82) is 0 Å². The molecule has 0 amide bonds. The van der Waals surface area contributed by atoms with Crippen molar-refractivity contribution in [3.8, 4) is 5.75 Å². The number of anilines is 1. The Balaban J connectivity index is 2.33. The smallest absolute Gasteiger partial charge is 0.141 e. The van der Waals surface area contributed by atoms with Crippen LogP contribution in [0.3, 0.4) is 0 Å². The Kier molecular flexibility index (Phi) is 4.70. The van der Waals surface area contributed by atoms with Gasteiger partial charge in [0.1, 0.15) is 11.6 Å². The van der Waals surface area contributed by atoms with E-state index in [4.69, 9.17) is 16.3 Å². The quantitative estimate of drug-likeness (QED) is 0.882. The van der Waals surface area contributed by atoms with Gasteiger partial charge in [0.15, 0.2) is 0 Å². The predicted octanol–water partition coefficient (Wildman–Crippen LogP) is 3.81. The maximum atomic E-state index is 13.3. The van der Waals surface area contributed by atoms with Crippen molar-refractivity contribution in [2.45, 2.75) is 12.5 Å². The second kappa shape index (κ2) is 6.33. The lowest BCUT2D eigenvalue weighted by Crippen LogP contribution is -2.35. The molecule has 5 heteroatoms. The van der Waals surface area contributed by atoms with Gasteiger partial charge in [-0.1, -0.05) is 23.7 Å². The fourth-order valence-corrected chi connectivity index (χ4v) is 2.24. The van der Waals surface area contributed by atoms with Gasteiger partial charge in [-0.3, -0.25) is 0 Å². The molecule has 0 fully saturated rings. The number of nitrogens with one attached hydrogen (secondary N) is 1. The van der Waals surface area contributed by atoms with Gasteiger partial charge in [0.2, 0.25) is 0 Å². The topological polar surface area (TPSA) is 41.5 Å². The number of aliphatic hydroxyl groups is 1. The van der Waals surface area contributed by atoms with Crippen molar-refractivity contribution in [1.82, 2.24) is 0 Å². The van der Waals surface area contributed by atoms with Gasteiger partial charge in [-0.05, 0) is 36.8 Å². The minimum absolute atomic E-state index is 0.0274. The standard InChI is InChI=1S/C16H17ClFNO2/c1-16(10-20,11-6-7-15(18)14(17)8-11)19-12-4-3-5-13(9-12)21-2/h3-9,19-20H,10H2,1-2H3. The molecule has 2 aromatic carbocycles. The molecule has 0 spiro atoms. The first-order chi connectivity index (χ1) is 9.98. The lowest BCUT2D eigenvalue weighted by molar-refractivity contribution is 0.224. The van der Waals surface area contributed by atoms with Crippen molar-refractivity contribution < 1.29 is 14.2 Å². The molecule has 2 aromatic rings. The summed E-state index contributed by atoms with van der Waals surface area (Å²) in [6.07, 6.45) is 0. The molecular formula is C16H17ClFNO2. The van der Waals surface area contributed by atoms with E-state index in [1.54, 1.807) is 13.2 Å². The van der Waals surface area contributed by atoms with Crippen LogP contribution in [0.1, 0.15) is 12.5 Å². The van der Waals surface area contributed by atoms with Crippen molar-refractivity contribution in [3.05, 3.63) is 58.9 Å². The van der Waals surface area contributed by atoms with E-state index in [1.165, 1.54) is 12.1 Å². The average Bonchev–Trinajstić information content (AvgIpc) is 2.50. The van der Waals surface area contributed by atoms with Crippen molar-refractivity contribution in [2.75, 3.05) is 19.0 Å². The number of methoxy groups -OCH3 is 1. The summed E-state index contributed by atoms with van der Waals surface area (Å²) in [5.74, 6) is 0.222. The summed E-state index contributed by atoms with van der Waals surface area (Å²) in [6, 6.07) is 11.8. The maximum Gasteiger partial charge on any atom is 0.141 e.